The average molecular weight is 452 g/mol. The van der Waals surface area contributed by atoms with Crippen molar-refractivity contribution < 1.29 is 9.90 Å². The van der Waals surface area contributed by atoms with Crippen LogP contribution in [0.25, 0.3) is 0 Å². The summed E-state index contributed by atoms with van der Waals surface area (Å²) in [6.45, 7) is 6.20. The van der Waals surface area contributed by atoms with Crippen LogP contribution in [0.15, 0.2) is 0 Å². The summed E-state index contributed by atoms with van der Waals surface area (Å²) in [5.41, 5.74) is 7.16. The molecular formula is C23H45N7O2. The fraction of sp³-hybridized carbons (Fsp3) is 0.957. The third-order valence-electron chi connectivity index (χ3n) is 8.22. The molecule has 1 saturated carbocycles. The van der Waals surface area contributed by atoms with E-state index in [1.54, 1.807) is 0 Å². The maximum atomic E-state index is 12.7. The molecule has 0 spiro atoms. The van der Waals surface area contributed by atoms with Crippen LogP contribution in [0, 0.1) is 11.8 Å². The number of aliphatic hydroxyl groups is 1. The smallest absolute Gasteiger partial charge is 0.223 e. The number of amides is 1. The second-order valence-corrected chi connectivity index (χ2v) is 10.7. The van der Waals surface area contributed by atoms with Crippen molar-refractivity contribution in [3.63, 3.8) is 0 Å². The fourth-order valence-electron chi connectivity index (χ4n) is 6.07. The van der Waals surface area contributed by atoms with Gasteiger partial charge in [-0.05, 0) is 91.0 Å². The molecule has 0 aromatic heterocycles. The van der Waals surface area contributed by atoms with Gasteiger partial charge in [-0.1, -0.05) is 6.42 Å². The fourth-order valence-corrected chi connectivity index (χ4v) is 6.07. The van der Waals surface area contributed by atoms with Crippen molar-refractivity contribution in [2.24, 2.45) is 11.8 Å². The van der Waals surface area contributed by atoms with Gasteiger partial charge in [0.15, 0.2) is 0 Å². The Morgan fingerprint density at radius 2 is 1.91 bits per heavy atom. The summed E-state index contributed by atoms with van der Waals surface area (Å²) in [5.74, 6) is 0.775. The van der Waals surface area contributed by atoms with E-state index < -0.39 is 0 Å². The van der Waals surface area contributed by atoms with Gasteiger partial charge in [-0.25, -0.2) is 10.9 Å². The highest BCUT2D eigenvalue weighted by Gasteiger charge is 2.47. The average Bonchev–Trinajstić information content (AvgIpc) is 3.32. The molecule has 0 aromatic carbocycles. The second kappa shape index (κ2) is 11.1. The standard InChI is InChI=1S/C23H45N7O2/c1-16(15-31)25-21(32)18-4-3-5-19(14-18)27-23(8-12-30(2)13-9-23)22-26-20(28-29-22)17-6-10-24-11-7-17/h16-20,22,24,26-29,31H,3-15H2,1-2H3,(H,25,32)/t16-,18?,19?,20?,22?/m0/s1. The van der Waals surface area contributed by atoms with Crippen LogP contribution in [0.3, 0.4) is 0 Å². The zero-order chi connectivity index (χ0) is 22.6. The summed E-state index contributed by atoms with van der Waals surface area (Å²) in [4.78, 5) is 15.1. The van der Waals surface area contributed by atoms with Crippen molar-refractivity contribution in [1.82, 2.24) is 37.0 Å². The van der Waals surface area contributed by atoms with Gasteiger partial charge in [-0.2, -0.15) is 0 Å². The number of aliphatic hydroxyl groups excluding tert-OH is 1. The van der Waals surface area contributed by atoms with Crippen LogP contribution in [0.1, 0.15) is 58.3 Å². The molecule has 9 heteroatoms. The summed E-state index contributed by atoms with van der Waals surface area (Å²) in [6.07, 6.45) is 9.08. The maximum absolute atomic E-state index is 12.7. The Morgan fingerprint density at radius 1 is 1.16 bits per heavy atom. The maximum Gasteiger partial charge on any atom is 0.223 e. The molecule has 3 aliphatic heterocycles. The van der Waals surface area contributed by atoms with E-state index in [1.807, 2.05) is 6.92 Å². The minimum absolute atomic E-state index is 0.0129. The zero-order valence-electron chi connectivity index (χ0n) is 20.0. The molecule has 32 heavy (non-hydrogen) atoms. The van der Waals surface area contributed by atoms with Gasteiger partial charge in [0, 0.05) is 18.0 Å². The summed E-state index contributed by atoms with van der Waals surface area (Å²) in [7, 11) is 2.21. The van der Waals surface area contributed by atoms with Gasteiger partial charge in [0.05, 0.1) is 24.5 Å². The van der Waals surface area contributed by atoms with Crippen molar-refractivity contribution >= 4 is 5.91 Å². The number of piperidine rings is 2. The van der Waals surface area contributed by atoms with Crippen LogP contribution in [-0.4, -0.2) is 85.7 Å². The van der Waals surface area contributed by atoms with E-state index in [1.165, 1.54) is 12.8 Å². The Hall–Kier alpha value is -0.810. The first-order valence-corrected chi connectivity index (χ1v) is 12.8. The number of nitrogens with one attached hydrogen (secondary N) is 6. The normalized spacial score (nSPS) is 35.5. The Kier molecular flexibility index (Phi) is 8.42. The zero-order valence-corrected chi connectivity index (χ0v) is 20.0. The lowest BCUT2D eigenvalue weighted by molar-refractivity contribution is -0.127. The lowest BCUT2D eigenvalue weighted by Gasteiger charge is -2.48. The molecule has 4 unspecified atom stereocenters. The summed E-state index contributed by atoms with van der Waals surface area (Å²) in [5, 5.41) is 23.7. The molecule has 7 N–H and O–H groups in total. The van der Waals surface area contributed by atoms with Crippen LogP contribution in [0.5, 0.6) is 0 Å². The van der Waals surface area contributed by atoms with E-state index in [0.717, 1.165) is 64.7 Å². The number of likely N-dealkylation sites (tertiary alicyclic amines) is 1. The van der Waals surface area contributed by atoms with E-state index in [-0.39, 0.29) is 36.2 Å². The van der Waals surface area contributed by atoms with E-state index in [2.05, 4.69) is 44.1 Å². The molecule has 3 saturated heterocycles. The van der Waals surface area contributed by atoms with Crippen molar-refractivity contribution in [1.29, 1.82) is 0 Å². The molecule has 1 aliphatic carbocycles. The molecule has 9 nitrogen and oxygen atoms in total. The minimum Gasteiger partial charge on any atom is -0.394 e. The number of carbonyl (C=O) groups is 1. The summed E-state index contributed by atoms with van der Waals surface area (Å²) < 4.78 is 0. The molecule has 0 bridgehead atoms. The Balaban J connectivity index is 1.40. The van der Waals surface area contributed by atoms with Crippen molar-refractivity contribution in [2.45, 2.75) is 88.2 Å². The van der Waals surface area contributed by atoms with Gasteiger partial charge in [-0.3, -0.25) is 10.1 Å². The number of rotatable bonds is 7. The van der Waals surface area contributed by atoms with Gasteiger partial charge >= 0.3 is 0 Å². The van der Waals surface area contributed by atoms with Crippen molar-refractivity contribution in [3.05, 3.63) is 0 Å². The molecule has 184 valence electrons. The number of carbonyl (C=O) groups excluding carboxylic acids is 1. The van der Waals surface area contributed by atoms with Crippen LogP contribution in [0.2, 0.25) is 0 Å². The van der Waals surface area contributed by atoms with Crippen molar-refractivity contribution in [2.75, 3.05) is 39.8 Å². The highest BCUT2D eigenvalue weighted by molar-refractivity contribution is 5.79. The Labute approximate surface area is 193 Å². The lowest BCUT2D eigenvalue weighted by Crippen LogP contribution is -2.68. The number of hydrazine groups is 1. The van der Waals surface area contributed by atoms with Gasteiger partial charge in [0.25, 0.3) is 0 Å². The first kappa shape index (κ1) is 24.3. The lowest BCUT2D eigenvalue weighted by atomic mass is 9.79. The van der Waals surface area contributed by atoms with Gasteiger partial charge in [0.1, 0.15) is 0 Å². The number of hydrogen-bond donors (Lipinski definition) is 7. The van der Waals surface area contributed by atoms with Gasteiger partial charge in [0.2, 0.25) is 5.91 Å². The molecule has 3 heterocycles. The molecule has 4 fully saturated rings. The SMILES string of the molecule is C[C@@H](CO)NC(=O)C1CCCC(NC2(C3NNC(C4CCNCC4)N3)CCN(C)CC2)C1. The minimum atomic E-state index is -0.180. The number of hydrogen-bond acceptors (Lipinski definition) is 8. The quantitative estimate of drug-likeness (QED) is 0.276. The molecule has 1 amide bonds. The third-order valence-corrected chi connectivity index (χ3v) is 8.22. The van der Waals surface area contributed by atoms with E-state index in [0.29, 0.717) is 18.1 Å². The molecule has 5 atom stereocenters. The monoisotopic (exact) mass is 451 g/mol. The topological polar surface area (TPSA) is 113 Å². The molecule has 0 aromatic rings. The van der Waals surface area contributed by atoms with E-state index >= 15 is 0 Å². The predicted molar refractivity (Wildman–Crippen MR) is 126 cm³/mol. The molecule has 4 rings (SSSR count). The first-order chi connectivity index (χ1) is 15.5. The van der Waals surface area contributed by atoms with Crippen LogP contribution >= 0.6 is 0 Å². The van der Waals surface area contributed by atoms with E-state index in [9.17, 15) is 9.90 Å². The molecule has 0 radical (unpaired) electrons. The van der Waals surface area contributed by atoms with Crippen LogP contribution in [0.4, 0.5) is 0 Å². The largest absolute Gasteiger partial charge is 0.394 e. The Morgan fingerprint density at radius 3 is 2.62 bits per heavy atom. The highest BCUT2D eigenvalue weighted by atomic mass is 16.3. The third kappa shape index (κ3) is 5.81. The highest BCUT2D eigenvalue weighted by Crippen LogP contribution is 2.32. The predicted octanol–water partition coefficient (Wildman–Crippen LogP) is -0.555. The first-order valence-electron chi connectivity index (χ1n) is 12.8. The van der Waals surface area contributed by atoms with Crippen LogP contribution in [-0.2, 0) is 4.79 Å². The Bertz CT molecular complexity index is 607. The van der Waals surface area contributed by atoms with Gasteiger partial charge in [-0.15, -0.1) is 0 Å². The second-order valence-electron chi connectivity index (χ2n) is 10.7. The van der Waals surface area contributed by atoms with Crippen molar-refractivity contribution in [3.8, 4) is 0 Å². The summed E-state index contributed by atoms with van der Waals surface area (Å²) in [6, 6.07) is 0.162. The number of nitrogens with zero attached hydrogens (tertiary/aromatic N) is 1. The van der Waals surface area contributed by atoms with E-state index in [4.69, 9.17) is 0 Å². The van der Waals surface area contributed by atoms with Gasteiger partial charge < -0.3 is 26.0 Å². The summed E-state index contributed by atoms with van der Waals surface area (Å²) >= 11 is 0. The molecule has 4 aliphatic rings. The van der Waals surface area contributed by atoms with Crippen LogP contribution < -0.4 is 32.1 Å². The molecular weight excluding hydrogens is 406 g/mol.